The van der Waals surface area contributed by atoms with Crippen molar-refractivity contribution in [3.63, 3.8) is 0 Å². The van der Waals surface area contributed by atoms with Crippen molar-refractivity contribution in [2.45, 2.75) is 19.8 Å². The lowest BCUT2D eigenvalue weighted by Crippen LogP contribution is -2.26. The first-order valence-electron chi connectivity index (χ1n) is 5.98. The minimum absolute atomic E-state index is 0.0368. The molecule has 18 heavy (non-hydrogen) atoms. The molecule has 0 spiro atoms. The lowest BCUT2D eigenvalue weighted by molar-refractivity contribution is 0.0948. The van der Waals surface area contributed by atoms with Crippen LogP contribution in [0.15, 0.2) is 18.2 Å². The predicted molar refractivity (Wildman–Crippen MR) is 68.6 cm³/mol. The first kappa shape index (κ1) is 14.4. The van der Waals surface area contributed by atoms with Crippen LogP contribution in [0.5, 0.6) is 0 Å². The van der Waals surface area contributed by atoms with Crippen molar-refractivity contribution in [3.05, 3.63) is 29.6 Å². The Hall–Kier alpha value is -1.62. The largest absolute Gasteiger partial charge is 0.399 e. The maximum Gasteiger partial charge on any atom is 0.254 e. The number of amides is 1. The van der Waals surface area contributed by atoms with Crippen LogP contribution >= 0.6 is 0 Å². The van der Waals surface area contributed by atoms with E-state index in [0.717, 1.165) is 12.8 Å². The van der Waals surface area contributed by atoms with Crippen molar-refractivity contribution in [1.29, 1.82) is 0 Å². The number of nitrogen functional groups attached to an aromatic ring is 1. The van der Waals surface area contributed by atoms with Gasteiger partial charge in [-0.3, -0.25) is 4.79 Å². The highest BCUT2D eigenvalue weighted by molar-refractivity contribution is 5.95. The maximum atomic E-state index is 13.4. The highest BCUT2D eigenvalue weighted by Crippen LogP contribution is 2.12. The number of carbonyl (C=O) groups is 1. The van der Waals surface area contributed by atoms with Crippen LogP contribution in [0.2, 0.25) is 0 Å². The average molecular weight is 254 g/mol. The zero-order valence-corrected chi connectivity index (χ0v) is 10.4. The van der Waals surface area contributed by atoms with E-state index in [9.17, 15) is 9.18 Å². The Morgan fingerprint density at radius 3 is 2.94 bits per heavy atom. The fourth-order valence-electron chi connectivity index (χ4n) is 1.56. The monoisotopic (exact) mass is 254 g/mol. The predicted octanol–water partition coefficient (Wildman–Crippen LogP) is 1.55. The molecule has 0 heterocycles. The van der Waals surface area contributed by atoms with Gasteiger partial charge in [0.2, 0.25) is 0 Å². The number of nitrogens with one attached hydrogen (secondary N) is 1. The Balaban J connectivity index is 2.43. The standard InChI is InChI=1S/C13H19FN2O2/c1-9(8-17)3-2-6-16-13(18)11-7-10(15)4-5-12(11)14/h4-5,7,9,17H,2-3,6,8,15H2,1H3,(H,16,18). The molecule has 0 aliphatic carbocycles. The fraction of sp³-hybridized carbons (Fsp3) is 0.462. The number of nitrogens with two attached hydrogens (primary N) is 1. The molecule has 4 nitrogen and oxygen atoms in total. The molecule has 0 fully saturated rings. The number of carbonyl (C=O) groups excluding carboxylic acids is 1. The van der Waals surface area contributed by atoms with Gasteiger partial charge in [0, 0.05) is 18.8 Å². The molecule has 1 rings (SSSR count). The molecule has 0 saturated carbocycles. The van der Waals surface area contributed by atoms with Gasteiger partial charge < -0.3 is 16.2 Å². The summed E-state index contributed by atoms with van der Waals surface area (Å²) < 4.78 is 13.4. The molecule has 0 aliphatic heterocycles. The van der Waals surface area contributed by atoms with E-state index in [-0.39, 0.29) is 18.1 Å². The molecule has 0 aliphatic rings. The smallest absolute Gasteiger partial charge is 0.254 e. The van der Waals surface area contributed by atoms with Gasteiger partial charge in [-0.15, -0.1) is 0 Å². The van der Waals surface area contributed by atoms with E-state index in [1.165, 1.54) is 18.2 Å². The lowest BCUT2D eigenvalue weighted by atomic mass is 10.1. The van der Waals surface area contributed by atoms with Crippen molar-refractivity contribution in [2.24, 2.45) is 5.92 Å². The molecule has 0 radical (unpaired) electrons. The summed E-state index contributed by atoms with van der Waals surface area (Å²) >= 11 is 0. The molecule has 100 valence electrons. The quantitative estimate of drug-likeness (QED) is 0.532. The molecular weight excluding hydrogens is 235 g/mol. The van der Waals surface area contributed by atoms with Crippen molar-refractivity contribution in [1.82, 2.24) is 5.32 Å². The number of halogens is 1. The first-order chi connectivity index (χ1) is 8.54. The van der Waals surface area contributed by atoms with E-state index in [2.05, 4.69) is 5.32 Å². The fourth-order valence-corrected chi connectivity index (χ4v) is 1.56. The Labute approximate surface area is 106 Å². The Morgan fingerprint density at radius 2 is 2.28 bits per heavy atom. The number of hydrogen-bond donors (Lipinski definition) is 3. The normalized spacial score (nSPS) is 12.2. The third kappa shape index (κ3) is 4.33. The number of aliphatic hydroxyl groups excluding tert-OH is 1. The van der Waals surface area contributed by atoms with Gasteiger partial charge in [-0.25, -0.2) is 4.39 Å². The van der Waals surface area contributed by atoms with E-state index >= 15 is 0 Å². The summed E-state index contributed by atoms with van der Waals surface area (Å²) in [6.45, 7) is 2.52. The molecule has 5 heteroatoms. The van der Waals surface area contributed by atoms with Crippen molar-refractivity contribution >= 4 is 11.6 Å². The number of benzene rings is 1. The van der Waals surface area contributed by atoms with Crippen LogP contribution in [0.4, 0.5) is 10.1 Å². The highest BCUT2D eigenvalue weighted by atomic mass is 19.1. The van der Waals surface area contributed by atoms with E-state index in [0.29, 0.717) is 12.2 Å². The molecule has 0 aromatic heterocycles. The summed E-state index contributed by atoms with van der Waals surface area (Å²) in [5, 5.41) is 11.5. The minimum Gasteiger partial charge on any atom is -0.399 e. The maximum absolute atomic E-state index is 13.4. The molecule has 1 atom stereocenters. The molecule has 4 N–H and O–H groups in total. The molecule has 1 unspecified atom stereocenters. The van der Waals surface area contributed by atoms with Crippen molar-refractivity contribution in [3.8, 4) is 0 Å². The van der Waals surface area contributed by atoms with Gasteiger partial charge in [0.25, 0.3) is 5.91 Å². The van der Waals surface area contributed by atoms with E-state index in [4.69, 9.17) is 10.8 Å². The summed E-state index contributed by atoms with van der Waals surface area (Å²) in [7, 11) is 0. The Bertz CT molecular complexity index is 410. The van der Waals surface area contributed by atoms with E-state index in [1.807, 2.05) is 6.92 Å². The van der Waals surface area contributed by atoms with Gasteiger partial charge in [0.15, 0.2) is 0 Å². The van der Waals surface area contributed by atoms with E-state index < -0.39 is 11.7 Å². The molecule has 1 amide bonds. The molecule has 0 bridgehead atoms. The number of anilines is 1. The second-order valence-electron chi connectivity index (χ2n) is 4.43. The Morgan fingerprint density at radius 1 is 1.56 bits per heavy atom. The van der Waals surface area contributed by atoms with Gasteiger partial charge in [-0.2, -0.15) is 0 Å². The van der Waals surface area contributed by atoms with Crippen LogP contribution in [0.25, 0.3) is 0 Å². The van der Waals surface area contributed by atoms with E-state index in [1.54, 1.807) is 0 Å². The molecule has 1 aromatic rings. The van der Waals surface area contributed by atoms with Crippen molar-refractivity contribution in [2.75, 3.05) is 18.9 Å². The third-order valence-corrected chi connectivity index (χ3v) is 2.71. The highest BCUT2D eigenvalue weighted by Gasteiger charge is 2.11. The summed E-state index contributed by atoms with van der Waals surface area (Å²) in [6, 6.07) is 3.91. The Kier molecular flexibility index (Phi) is 5.58. The first-order valence-corrected chi connectivity index (χ1v) is 5.98. The van der Waals surface area contributed by atoms with Crippen LogP contribution in [0.1, 0.15) is 30.1 Å². The molecular formula is C13H19FN2O2. The van der Waals surface area contributed by atoms with Gasteiger partial charge >= 0.3 is 0 Å². The van der Waals surface area contributed by atoms with Gasteiger partial charge in [0.1, 0.15) is 5.82 Å². The van der Waals surface area contributed by atoms with Gasteiger partial charge in [-0.1, -0.05) is 6.92 Å². The number of aliphatic hydroxyl groups is 1. The summed E-state index contributed by atoms with van der Waals surface area (Å²) in [6.07, 6.45) is 1.56. The van der Waals surface area contributed by atoms with Crippen LogP contribution in [0.3, 0.4) is 0 Å². The second kappa shape index (κ2) is 6.96. The summed E-state index contributed by atoms with van der Waals surface area (Å²) in [5.41, 5.74) is 5.82. The zero-order valence-electron chi connectivity index (χ0n) is 10.4. The van der Waals surface area contributed by atoms with Gasteiger partial charge in [-0.05, 0) is 37.0 Å². The number of hydrogen-bond acceptors (Lipinski definition) is 3. The van der Waals surface area contributed by atoms with Crippen molar-refractivity contribution < 1.29 is 14.3 Å². The minimum atomic E-state index is -0.578. The average Bonchev–Trinajstić information content (AvgIpc) is 2.36. The van der Waals surface area contributed by atoms with Crippen LogP contribution in [-0.4, -0.2) is 24.2 Å². The SMILES string of the molecule is CC(CO)CCCNC(=O)c1cc(N)ccc1F. The lowest BCUT2D eigenvalue weighted by Gasteiger charge is -2.09. The van der Waals surface area contributed by atoms with Crippen LogP contribution in [-0.2, 0) is 0 Å². The molecule has 0 saturated heterocycles. The van der Waals surface area contributed by atoms with Crippen LogP contribution in [0, 0.1) is 11.7 Å². The van der Waals surface area contributed by atoms with Crippen LogP contribution < -0.4 is 11.1 Å². The summed E-state index contributed by atoms with van der Waals surface area (Å²) in [4.78, 5) is 11.7. The second-order valence-corrected chi connectivity index (χ2v) is 4.43. The topological polar surface area (TPSA) is 75.3 Å². The summed E-state index contributed by atoms with van der Waals surface area (Å²) in [5.74, 6) is -0.826. The number of rotatable bonds is 6. The zero-order chi connectivity index (χ0) is 13.5. The van der Waals surface area contributed by atoms with Gasteiger partial charge in [0.05, 0.1) is 5.56 Å². The molecule has 1 aromatic carbocycles. The third-order valence-electron chi connectivity index (χ3n) is 2.71.